The molecule has 1 amide bonds. The van der Waals surface area contributed by atoms with Gasteiger partial charge in [0, 0.05) is 18.0 Å². The number of hydrogen-bond acceptors (Lipinski definition) is 4. The van der Waals surface area contributed by atoms with Gasteiger partial charge in [-0.1, -0.05) is 6.42 Å². The first-order valence-electron chi connectivity index (χ1n) is 7.77. The van der Waals surface area contributed by atoms with Crippen LogP contribution in [-0.2, 0) is 16.1 Å². The molecule has 0 spiro atoms. The topological polar surface area (TPSA) is 69.6 Å². The summed E-state index contributed by atoms with van der Waals surface area (Å²) in [5.74, 6) is -0.502. The van der Waals surface area contributed by atoms with Gasteiger partial charge in [-0.05, 0) is 42.7 Å². The fourth-order valence-corrected chi connectivity index (χ4v) is 4.73. The second-order valence-electron chi connectivity index (χ2n) is 6.52. The van der Waals surface area contributed by atoms with E-state index in [4.69, 9.17) is 0 Å². The molecule has 1 aromatic heterocycles. The van der Waals surface area contributed by atoms with Crippen LogP contribution in [0.15, 0.2) is 11.4 Å². The Bertz CT molecular complexity index is 592. The van der Waals surface area contributed by atoms with Crippen LogP contribution in [0.5, 0.6) is 0 Å². The smallest absolute Gasteiger partial charge is 0.311 e. The number of nitrogens with zero attached hydrogens (tertiary/aromatic N) is 1. The molecule has 2 heterocycles. The number of carbonyl (C=O) groups excluding carboxylic acids is 1. The molecular weight excluding hydrogens is 336 g/mol. The van der Waals surface area contributed by atoms with Crippen LogP contribution in [0.3, 0.4) is 0 Å². The van der Waals surface area contributed by atoms with Crippen LogP contribution < -0.4 is 5.32 Å². The first-order valence-corrected chi connectivity index (χ1v) is 8.64. The van der Waals surface area contributed by atoms with E-state index >= 15 is 0 Å². The number of fused-ring (bicyclic) bond motifs is 1. The predicted octanol–water partition coefficient (Wildman–Crippen LogP) is 2.28. The molecular formula is C16H23ClN2O3S. The number of carbonyl (C=O) groups is 2. The van der Waals surface area contributed by atoms with Gasteiger partial charge in [0.05, 0.1) is 18.5 Å². The molecule has 7 heteroatoms. The average molecular weight is 359 g/mol. The van der Waals surface area contributed by atoms with E-state index in [2.05, 4.69) is 5.32 Å². The highest BCUT2D eigenvalue weighted by Gasteiger charge is 2.54. The van der Waals surface area contributed by atoms with Crippen molar-refractivity contribution in [2.75, 3.05) is 19.6 Å². The van der Waals surface area contributed by atoms with E-state index in [-0.39, 0.29) is 24.2 Å². The Kier molecular flexibility index (Phi) is 5.70. The molecule has 1 aromatic rings. The highest BCUT2D eigenvalue weighted by Crippen LogP contribution is 2.48. The Morgan fingerprint density at radius 1 is 1.52 bits per heavy atom. The third-order valence-electron chi connectivity index (χ3n) is 5.15. The number of halogens is 1. The Labute approximate surface area is 146 Å². The van der Waals surface area contributed by atoms with Gasteiger partial charge < -0.3 is 10.4 Å². The summed E-state index contributed by atoms with van der Waals surface area (Å²) in [6, 6.07) is 2.05. The zero-order valence-electron chi connectivity index (χ0n) is 13.2. The molecule has 2 atom stereocenters. The number of aliphatic carboxylic acids is 1. The van der Waals surface area contributed by atoms with E-state index in [1.807, 2.05) is 23.3 Å². The van der Waals surface area contributed by atoms with Crippen molar-refractivity contribution < 1.29 is 14.7 Å². The summed E-state index contributed by atoms with van der Waals surface area (Å²) in [5.41, 5.74) is 0.593. The van der Waals surface area contributed by atoms with Crippen molar-refractivity contribution in [3.8, 4) is 0 Å². The fraction of sp³-hybridized carbons (Fsp3) is 0.625. The molecule has 2 N–H and O–H groups in total. The van der Waals surface area contributed by atoms with Gasteiger partial charge in [-0.3, -0.25) is 14.5 Å². The molecule has 0 bridgehead atoms. The van der Waals surface area contributed by atoms with Gasteiger partial charge in [0.15, 0.2) is 0 Å². The fourth-order valence-electron chi connectivity index (χ4n) is 3.89. The van der Waals surface area contributed by atoms with Crippen molar-refractivity contribution in [1.29, 1.82) is 0 Å². The number of rotatable bonds is 5. The van der Waals surface area contributed by atoms with E-state index in [1.165, 1.54) is 10.4 Å². The lowest BCUT2D eigenvalue weighted by atomic mass is 9.81. The Morgan fingerprint density at radius 3 is 2.91 bits per heavy atom. The molecule has 5 nitrogen and oxygen atoms in total. The largest absolute Gasteiger partial charge is 0.481 e. The summed E-state index contributed by atoms with van der Waals surface area (Å²) < 4.78 is 0. The van der Waals surface area contributed by atoms with E-state index in [0.29, 0.717) is 19.6 Å². The molecule has 1 saturated heterocycles. The number of likely N-dealkylation sites (tertiary alicyclic amines) is 1. The lowest BCUT2D eigenvalue weighted by Gasteiger charge is -2.23. The van der Waals surface area contributed by atoms with Gasteiger partial charge in [0.25, 0.3) is 0 Å². The molecule has 2 aliphatic rings. The van der Waals surface area contributed by atoms with E-state index in [1.54, 1.807) is 11.3 Å². The molecule has 2 fully saturated rings. The summed E-state index contributed by atoms with van der Waals surface area (Å²) >= 11 is 1.65. The minimum atomic E-state index is -0.688. The molecule has 1 aliphatic carbocycles. The first kappa shape index (κ1) is 18.2. The average Bonchev–Trinajstić information content (AvgIpc) is 3.10. The molecule has 0 aromatic carbocycles. The van der Waals surface area contributed by atoms with Crippen LogP contribution >= 0.6 is 23.7 Å². The Balaban J connectivity index is 0.00000192. The van der Waals surface area contributed by atoms with Gasteiger partial charge in [-0.15, -0.1) is 23.7 Å². The van der Waals surface area contributed by atoms with Crippen LogP contribution in [-0.4, -0.2) is 41.5 Å². The summed E-state index contributed by atoms with van der Waals surface area (Å²) in [5, 5.41) is 14.5. The van der Waals surface area contributed by atoms with Crippen molar-refractivity contribution >= 4 is 35.6 Å². The van der Waals surface area contributed by atoms with Gasteiger partial charge in [0.2, 0.25) is 5.91 Å². The molecule has 1 aliphatic heterocycles. The van der Waals surface area contributed by atoms with Crippen LogP contribution in [0.1, 0.15) is 29.7 Å². The monoisotopic (exact) mass is 358 g/mol. The predicted molar refractivity (Wildman–Crippen MR) is 92.0 cm³/mol. The van der Waals surface area contributed by atoms with Crippen molar-refractivity contribution in [1.82, 2.24) is 10.2 Å². The quantitative estimate of drug-likeness (QED) is 0.847. The SMILES string of the molecule is Cc1ccsc1CNC(=O)CN1C[C@@H]2CCC[C@@]2(C(=O)O)C1.Cl. The summed E-state index contributed by atoms with van der Waals surface area (Å²) in [7, 11) is 0. The molecule has 1 saturated carbocycles. The normalized spacial score (nSPS) is 26.6. The van der Waals surface area contributed by atoms with Crippen LogP contribution in [0.25, 0.3) is 0 Å². The van der Waals surface area contributed by atoms with Crippen LogP contribution in [0.2, 0.25) is 0 Å². The molecule has 23 heavy (non-hydrogen) atoms. The zero-order valence-corrected chi connectivity index (χ0v) is 14.8. The van der Waals surface area contributed by atoms with Gasteiger partial charge in [-0.2, -0.15) is 0 Å². The number of carboxylic acid groups (broad SMARTS) is 1. The summed E-state index contributed by atoms with van der Waals surface area (Å²) in [6.07, 6.45) is 2.72. The second kappa shape index (κ2) is 7.20. The maximum absolute atomic E-state index is 12.1. The molecule has 128 valence electrons. The highest BCUT2D eigenvalue weighted by atomic mass is 35.5. The van der Waals surface area contributed by atoms with Gasteiger partial charge >= 0.3 is 5.97 Å². The van der Waals surface area contributed by atoms with Crippen molar-refractivity contribution in [2.45, 2.75) is 32.7 Å². The molecule has 0 unspecified atom stereocenters. The standard InChI is InChI=1S/C16H22N2O3S.ClH/c1-11-4-6-22-13(11)7-17-14(19)9-18-8-12-3-2-5-16(12,10-18)15(20)21;/h4,6,12H,2-3,5,7-10H2,1H3,(H,17,19)(H,20,21);1H/t12-,16+;/m0./s1. The minimum absolute atomic E-state index is 0. The number of nitrogens with one attached hydrogen (secondary N) is 1. The van der Waals surface area contributed by atoms with Crippen LogP contribution in [0, 0.1) is 18.3 Å². The van der Waals surface area contributed by atoms with Gasteiger partial charge in [0.1, 0.15) is 0 Å². The highest BCUT2D eigenvalue weighted by molar-refractivity contribution is 7.10. The third kappa shape index (κ3) is 3.54. The van der Waals surface area contributed by atoms with Crippen LogP contribution in [0.4, 0.5) is 0 Å². The summed E-state index contributed by atoms with van der Waals surface area (Å²) in [4.78, 5) is 26.9. The third-order valence-corrected chi connectivity index (χ3v) is 6.17. The Hall–Kier alpha value is -1.11. The van der Waals surface area contributed by atoms with E-state index in [0.717, 1.165) is 25.8 Å². The lowest BCUT2D eigenvalue weighted by molar-refractivity contribution is -0.149. The molecule has 0 radical (unpaired) electrons. The zero-order chi connectivity index (χ0) is 15.7. The maximum atomic E-state index is 12.1. The number of carboxylic acids is 1. The van der Waals surface area contributed by atoms with E-state index < -0.39 is 11.4 Å². The maximum Gasteiger partial charge on any atom is 0.311 e. The van der Waals surface area contributed by atoms with Crippen molar-refractivity contribution in [3.05, 3.63) is 21.9 Å². The van der Waals surface area contributed by atoms with Gasteiger partial charge in [-0.25, -0.2) is 0 Å². The lowest BCUT2D eigenvalue weighted by Crippen LogP contribution is -2.39. The van der Waals surface area contributed by atoms with Crippen molar-refractivity contribution in [3.63, 3.8) is 0 Å². The minimum Gasteiger partial charge on any atom is -0.481 e. The molecule has 3 rings (SSSR count). The Morgan fingerprint density at radius 2 is 2.30 bits per heavy atom. The summed E-state index contributed by atoms with van der Waals surface area (Å²) in [6.45, 7) is 4.14. The van der Waals surface area contributed by atoms with Crippen molar-refractivity contribution in [2.24, 2.45) is 11.3 Å². The number of hydrogen-bond donors (Lipinski definition) is 2. The number of thiophene rings is 1. The number of amides is 1. The first-order chi connectivity index (χ1) is 10.5. The number of aryl methyl sites for hydroxylation is 1. The van der Waals surface area contributed by atoms with E-state index in [9.17, 15) is 14.7 Å². The second-order valence-corrected chi connectivity index (χ2v) is 7.52.